The van der Waals surface area contributed by atoms with E-state index in [1.807, 2.05) is 0 Å². The minimum absolute atomic E-state index is 0.00456. The van der Waals surface area contributed by atoms with Crippen LogP contribution in [0.1, 0.15) is 62.7 Å². The molecule has 0 amide bonds. The van der Waals surface area contributed by atoms with Crippen molar-refractivity contribution in [3.8, 4) is 17.2 Å². The smallest absolute Gasteiger partial charge is 0.202 e. The molecule has 5 rings (SSSR count). The summed E-state index contributed by atoms with van der Waals surface area (Å²) in [6.45, 7) is 0.867. The maximum Gasteiger partial charge on any atom is 0.202 e. The average molecular weight is 560 g/mol. The van der Waals surface area contributed by atoms with Crippen molar-refractivity contribution in [3.63, 3.8) is 0 Å². The third kappa shape index (κ3) is 4.87. The van der Waals surface area contributed by atoms with Gasteiger partial charge in [0.15, 0.2) is 17.9 Å². The average Bonchev–Trinajstić information content (AvgIpc) is 2.94. The Hall–Kier alpha value is -3.39. The van der Waals surface area contributed by atoms with Gasteiger partial charge >= 0.3 is 0 Å². The van der Waals surface area contributed by atoms with Gasteiger partial charge in [-0.25, -0.2) is 0 Å². The molecule has 2 aromatic carbocycles. The predicted molar refractivity (Wildman–Crippen MR) is 139 cm³/mol. The van der Waals surface area contributed by atoms with Gasteiger partial charge in [-0.15, -0.1) is 0 Å². The molecular weight excluding hydrogens is 526 g/mol. The number of Topliss-reactive ketones (excluding diaryl/α,β-unsaturated/α-hetero) is 1. The van der Waals surface area contributed by atoms with E-state index in [1.54, 1.807) is 14.0 Å². The number of carbonyl (C=O) groups excluding carboxylic acids is 3. The summed E-state index contributed by atoms with van der Waals surface area (Å²) >= 11 is 0. The Morgan fingerprint density at radius 3 is 2.38 bits per heavy atom. The first-order chi connectivity index (χ1) is 18.9. The highest BCUT2D eigenvalue weighted by molar-refractivity contribution is 6.31. The largest absolute Gasteiger partial charge is 0.507 e. The number of ether oxygens (including phenoxy) is 2. The molecule has 1 heterocycles. The van der Waals surface area contributed by atoms with Crippen LogP contribution in [0.15, 0.2) is 18.2 Å². The van der Waals surface area contributed by atoms with Gasteiger partial charge in [0.05, 0.1) is 36.0 Å². The fourth-order valence-electron chi connectivity index (χ4n) is 5.56. The SMILES string of the molecule is CNC1CC(O)OC(C)C1O.COc1cccc2c1C(=O)c1c(O)c3c(c(O)c1C2=O)C[C@@](O)(C(=O)CO)CC3. The van der Waals surface area contributed by atoms with Gasteiger partial charge in [-0.2, -0.15) is 0 Å². The first kappa shape index (κ1) is 29.6. The zero-order chi connectivity index (χ0) is 29.5. The highest BCUT2D eigenvalue weighted by Crippen LogP contribution is 2.48. The van der Waals surface area contributed by atoms with Crippen LogP contribution < -0.4 is 10.1 Å². The molecule has 0 saturated carbocycles. The van der Waals surface area contributed by atoms with Crippen LogP contribution in [0, 0.1) is 0 Å². The van der Waals surface area contributed by atoms with Gasteiger partial charge in [0.2, 0.25) is 5.78 Å². The van der Waals surface area contributed by atoms with Gasteiger partial charge in [0, 0.05) is 35.6 Å². The second-order valence-corrected chi connectivity index (χ2v) is 10.2. The second-order valence-electron chi connectivity index (χ2n) is 10.2. The fourth-order valence-corrected chi connectivity index (χ4v) is 5.56. The molecule has 0 bridgehead atoms. The lowest BCUT2D eigenvalue weighted by atomic mass is 9.73. The number of benzene rings is 2. The van der Waals surface area contributed by atoms with Crippen molar-refractivity contribution in [1.29, 1.82) is 0 Å². The van der Waals surface area contributed by atoms with E-state index in [0.717, 1.165) is 0 Å². The number of aromatic hydroxyl groups is 2. The number of methoxy groups -OCH3 is 1. The lowest BCUT2D eigenvalue weighted by Gasteiger charge is -2.35. The molecule has 1 aliphatic heterocycles. The zero-order valence-corrected chi connectivity index (χ0v) is 22.3. The van der Waals surface area contributed by atoms with Crippen LogP contribution in [0.2, 0.25) is 0 Å². The Labute approximate surface area is 229 Å². The number of carbonyl (C=O) groups is 3. The molecule has 0 radical (unpaired) electrons. The van der Waals surface area contributed by atoms with E-state index in [4.69, 9.17) is 19.7 Å². The predicted octanol–water partition coefficient (Wildman–Crippen LogP) is -0.275. The molecular formula is C28H33NO11. The Morgan fingerprint density at radius 2 is 1.75 bits per heavy atom. The Morgan fingerprint density at radius 1 is 1.10 bits per heavy atom. The summed E-state index contributed by atoms with van der Waals surface area (Å²) in [5.74, 6) is -2.99. The summed E-state index contributed by atoms with van der Waals surface area (Å²) in [7, 11) is 3.12. The molecule has 7 N–H and O–H groups in total. The Kier molecular flexibility index (Phi) is 8.31. The first-order valence-corrected chi connectivity index (χ1v) is 12.8. The summed E-state index contributed by atoms with van der Waals surface area (Å²) in [6.07, 6.45) is -1.63. The normalized spacial score (nSPS) is 27.1. The molecule has 5 atom stereocenters. The van der Waals surface area contributed by atoms with Crippen LogP contribution in [0.5, 0.6) is 17.2 Å². The topological polar surface area (TPSA) is 203 Å². The van der Waals surface area contributed by atoms with Gasteiger partial charge in [-0.05, 0) is 32.9 Å². The van der Waals surface area contributed by atoms with E-state index in [2.05, 4.69) is 5.32 Å². The van der Waals surface area contributed by atoms with Crippen molar-refractivity contribution in [2.45, 2.75) is 62.7 Å². The van der Waals surface area contributed by atoms with Gasteiger partial charge in [0.25, 0.3) is 0 Å². The number of likely N-dealkylation sites (N-methyl/N-ethyl adjacent to an activating group) is 1. The monoisotopic (exact) mass is 559 g/mol. The number of phenolic OH excluding ortho intramolecular Hbond substituents is 2. The number of nitrogens with one attached hydrogen (secondary N) is 1. The van der Waals surface area contributed by atoms with Crippen LogP contribution >= 0.6 is 0 Å². The number of phenols is 2. The fraction of sp³-hybridized carbons (Fsp3) is 0.464. The van der Waals surface area contributed by atoms with Crippen molar-refractivity contribution >= 4 is 17.3 Å². The van der Waals surface area contributed by atoms with E-state index in [9.17, 15) is 34.8 Å². The van der Waals surface area contributed by atoms with Crippen LogP contribution in [0.25, 0.3) is 0 Å². The first-order valence-electron chi connectivity index (χ1n) is 12.8. The quantitative estimate of drug-likeness (QED) is 0.206. The third-order valence-corrected chi connectivity index (χ3v) is 7.84. The van der Waals surface area contributed by atoms with Crippen LogP contribution in [0.4, 0.5) is 0 Å². The van der Waals surface area contributed by atoms with Crippen molar-refractivity contribution in [3.05, 3.63) is 51.6 Å². The van der Waals surface area contributed by atoms with Crippen molar-refractivity contribution in [2.24, 2.45) is 0 Å². The molecule has 0 spiro atoms. The van der Waals surface area contributed by atoms with Crippen LogP contribution in [-0.4, -0.2) is 98.9 Å². The van der Waals surface area contributed by atoms with Gasteiger partial charge in [0.1, 0.15) is 29.5 Å². The number of ketones is 3. The van der Waals surface area contributed by atoms with E-state index in [0.29, 0.717) is 6.42 Å². The molecule has 2 aromatic rings. The summed E-state index contributed by atoms with van der Waals surface area (Å²) < 4.78 is 10.2. The number of aliphatic hydroxyl groups excluding tert-OH is 3. The van der Waals surface area contributed by atoms with E-state index >= 15 is 0 Å². The third-order valence-electron chi connectivity index (χ3n) is 7.84. The molecule has 1 fully saturated rings. The molecule has 3 aliphatic rings. The summed E-state index contributed by atoms with van der Waals surface area (Å²) in [4.78, 5) is 38.2. The number of rotatable bonds is 4. The maximum atomic E-state index is 13.1. The number of hydrogen-bond donors (Lipinski definition) is 7. The minimum Gasteiger partial charge on any atom is -0.507 e. The Bertz CT molecular complexity index is 1360. The molecule has 2 aliphatic carbocycles. The van der Waals surface area contributed by atoms with Gasteiger partial charge < -0.3 is 45.4 Å². The summed E-state index contributed by atoms with van der Waals surface area (Å²) in [6, 6.07) is 4.41. The summed E-state index contributed by atoms with van der Waals surface area (Å²) in [5.41, 5.74) is -2.38. The lowest BCUT2D eigenvalue weighted by Crippen LogP contribution is -2.52. The molecule has 216 valence electrons. The van der Waals surface area contributed by atoms with Crippen LogP contribution in [-0.2, 0) is 22.4 Å². The Balaban J connectivity index is 0.000000283. The van der Waals surface area contributed by atoms with Crippen molar-refractivity contribution < 1.29 is 54.5 Å². The molecule has 1 saturated heterocycles. The minimum atomic E-state index is -1.93. The van der Waals surface area contributed by atoms with Crippen LogP contribution in [0.3, 0.4) is 0 Å². The summed E-state index contributed by atoms with van der Waals surface area (Å²) in [5, 5.41) is 62.8. The number of fused-ring (bicyclic) bond motifs is 3. The lowest BCUT2D eigenvalue weighted by molar-refractivity contribution is -0.201. The standard InChI is InChI=1S/C21H18O8.C7H15NO3/c1-29-12-4-2-3-10-14(12)20(27)16-15(18(10)25)19(26)11-7-21(28,13(23)8-22)6-5-9(11)17(16)24;1-4-7(10)5(8-2)3-6(9)11-4/h2-4,22,24,26,28H,5-8H2,1H3;4-10H,3H2,1-2H3/t21-;/m1./s1. The molecule has 40 heavy (non-hydrogen) atoms. The van der Waals surface area contributed by atoms with Crippen molar-refractivity contribution in [2.75, 3.05) is 20.8 Å². The molecule has 12 heteroatoms. The highest BCUT2D eigenvalue weighted by atomic mass is 16.6. The number of hydrogen-bond acceptors (Lipinski definition) is 12. The maximum absolute atomic E-state index is 13.1. The van der Waals surface area contributed by atoms with E-state index in [1.165, 1.54) is 25.3 Å². The zero-order valence-electron chi connectivity index (χ0n) is 22.3. The second kappa shape index (κ2) is 11.2. The number of aliphatic hydroxyl groups is 4. The van der Waals surface area contributed by atoms with Gasteiger partial charge in [-0.3, -0.25) is 14.4 Å². The molecule has 0 aromatic heterocycles. The van der Waals surface area contributed by atoms with E-state index in [-0.39, 0.29) is 70.5 Å². The molecule has 12 nitrogen and oxygen atoms in total. The van der Waals surface area contributed by atoms with Gasteiger partial charge in [-0.1, -0.05) is 12.1 Å². The van der Waals surface area contributed by atoms with E-state index < -0.39 is 53.5 Å². The molecule has 4 unspecified atom stereocenters. The van der Waals surface area contributed by atoms with Crippen molar-refractivity contribution in [1.82, 2.24) is 5.32 Å². The highest BCUT2D eigenvalue weighted by Gasteiger charge is 2.45.